The van der Waals surface area contributed by atoms with Gasteiger partial charge >= 0.3 is 0 Å². The molecule has 3 aromatic carbocycles. The number of fused-ring (bicyclic) bond motifs is 3. The van der Waals surface area contributed by atoms with Crippen molar-refractivity contribution in [1.29, 1.82) is 0 Å². The van der Waals surface area contributed by atoms with Crippen LogP contribution in [0.3, 0.4) is 0 Å². The molecule has 148 valence electrons. The minimum Gasteiger partial charge on any atom is -0.495 e. The van der Waals surface area contributed by atoms with Crippen molar-refractivity contribution in [1.82, 2.24) is 0 Å². The fourth-order valence-electron chi connectivity index (χ4n) is 3.34. The Hall–Kier alpha value is -3.03. The van der Waals surface area contributed by atoms with Gasteiger partial charge in [0, 0.05) is 16.1 Å². The lowest BCUT2D eigenvalue weighted by Gasteiger charge is -2.31. The van der Waals surface area contributed by atoms with Crippen molar-refractivity contribution in [2.45, 2.75) is 4.90 Å². The molecule has 0 aromatic heterocycles. The summed E-state index contributed by atoms with van der Waals surface area (Å²) in [5.41, 5.74) is 2.09. The summed E-state index contributed by atoms with van der Waals surface area (Å²) < 4.78 is 32.8. The van der Waals surface area contributed by atoms with Crippen LogP contribution in [-0.4, -0.2) is 28.0 Å². The Morgan fingerprint density at radius 2 is 1.76 bits per heavy atom. The van der Waals surface area contributed by atoms with E-state index in [1.165, 1.54) is 13.2 Å². The molecule has 0 saturated heterocycles. The van der Waals surface area contributed by atoms with Crippen LogP contribution >= 0.6 is 11.6 Å². The molecule has 1 N–H and O–H groups in total. The fourth-order valence-corrected chi connectivity index (χ4v) is 5.16. The van der Waals surface area contributed by atoms with Gasteiger partial charge in [0.2, 0.25) is 5.91 Å². The number of benzene rings is 3. The number of hydrogen-bond acceptors (Lipinski definition) is 4. The third-order valence-corrected chi connectivity index (χ3v) is 6.69. The number of carbonyl (C=O) groups is 1. The molecule has 1 aliphatic heterocycles. The quantitative estimate of drug-likeness (QED) is 0.676. The molecule has 0 atom stereocenters. The normalized spacial score (nSPS) is 13.9. The smallest absolute Gasteiger partial charge is 0.265 e. The molecule has 0 unspecified atom stereocenters. The summed E-state index contributed by atoms with van der Waals surface area (Å²) in [4.78, 5) is 12.9. The molecule has 4 rings (SSSR count). The van der Waals surface area contributed by atoms with E-state index in [0.29, 0.717) is 33.3 Å². The first kappa shape index (κ1) is 19.3. The molecule has 6 nitrogen and oxygen atoms in total. The maximum absolute atomic E-state index is 13.3. The summed E-state index contributed by atoms with van der Waals surface area (Å²) in [6, 6.07) is 18.5. The van der Waals surface area contributed by atoms with Gasteiger partial charge in [-0.2, -0.15) is 0 Å². The highest BCUT2D eigenvalue weighted by molar-refractivity contribution is 7.93. The monoisotopic (exact) mass is 428 g/mol. The third-order valence-electron chi connectivity index (χ3n) is 4.64. The second-order valence-corrected chi connectivity index (χ2v) is 8.68. The summed E-state index contributed by atoms with van der Waals surface area (Å²) in [6.45, 7) is -0.386. The Kier molecular flexibility index (Phi) is 4.94. The van der Waals surface area contributed by atoms with Crippen LogP contribution in [-0.2, 0) is 14.8 Å². The Labute approximate surface area is 173 Å². The zero-order chi connectivity index (χ0) is 20.6. The minimum absolute atomic E-state index is 0.139. The zero-order valence-corrected chi connectivity index (χ0v) is 17.0. The number of amides is 1. The fraction of sp³-hybridized carbons (Fsp3) is 0.0952. The van der Waals surface area contributed by atoms with Gasteiger partial charge < -0.3 is 10.1 Å². The van der Waals surface area contributed by atoms with Crippen LogP contribution in [0.5, 0.6) is 5.75 Å². The van der Waals surface area contributed by atoms with Crippen LogP contribution in [0.4, 0.5) is 11.4 Å². The highest BCUT2D eigenvalue weighted by Crippen LogP contribution is 2.43. The van der Waals surface area contributed by atoms with Gasteiger partial charge in [0.05, 0.1) is 23.4 Å². The SMILES string of the molecule is COc1ccccc1NC(=O)CN1c2ccc(Cl)cc2-c2ccccc2S1(=O)=O. The molecule has 0 radical (unpaired) electrons. The lowest BCUT2D eigenvalue weighted by molar-refractivity contribution is -0.114. The molecule has 1 amide bonds. The molecule has 0 bridgehead atoms. The van der Waals surface area contributed by atoms with Crippen LogP contribution in [0.1, 0.15) is 0 Å². The summed E-state index contributed by atoms with van der Waals surface area (Å²) in [6.07, 6.45) is 0. The van der Waals surface area contributed by atoms with Crippen molar-refractivity contribution < 1.29 is 17.9 Å². The largest absolute Gasteiger partial charge is 0.495 e. The first-order chi connectivity index (χ1) is 13.9. The van der Waals surface area contributed by atoms with Crippen LogP contribution in [0, 0.1) is 0 Å². The van der Waals surface area contributed by atoms with Crippen LogP contribution in [0.25, 0.3) is 11.1 Å². The van der Waals surface area contributed by atoms with E-state index in [1.54, 1.807) is 60.7 Å². The van der Waals surface area contributed by atoms with Crippen molar-refractivity contribution in [3.8, 4) is 16.9 Å². The predicted molar refractivity (Wildman–Crippen MR) is 113 cm³/mol. The second kappa shape index (κ2) is 7.42. The van der Waals surface area contributed by atoms with Crippen LogP contribution in [0.15, 0.2) is 71.6 Å². The van der Waals surface area contributed by atoms with Crippen molar-refractivity contribution >= 4 is 38.9 Å². The number of sulfonamides is 1. The number of ether oxygens (including phenoxy) is 1. The number of methoxy groups -OCH3 is 1. The lowest BCUT2D eigenvalue weighted by atomic mass is 10.0. The van der Waals surface area contributed by atoms with E-state index in [9.17, 15) is 13.2 Å². The summed E-state index contributed by atoms with van der Waals surface area (Å²) in [5, 5.41) is 3.20. The highest BCUT2D eigenvalue weighted by atomic mass is 35.5. The first-order valence-electron chi connectivity index (χ1n) is 8.76. The van der Waals surface area contributed by atoms with Gasteiger partial charge in [-0.25, -0.2) is 8.42 Å². The van der Waals surface area contributed by atoms with Gasteiger partial charge in [0.15, 0.2) is 0 Å². The minimum atomic E-state index is -3.91. The molecule has 0 spiro atoms. The third kappa shape index (κ3) is 3.43. The highest BCUT2D eigenvalue weighted by Gasteiger charge is 2.36. The number of halogens is 1. The zero-order valence-electron chi connectivity index (χ0n) is 15.4. The summed E-state index contributed by atoms with van der Waals surface area (Å²) >= 11 is 6.15. The molecular weight excluding hydrogens is 412 g/mol. The molecule has 1 heterocycles. The van der Waals surface area contributed by atoms with Gasteiger partial charge in [-0.15, -0.1) is 0 Å². The Morgan fingerprint density at radius 3 is 2.55 bits per heavy atom. The van der Waals surface area contributed by atoms with Gasteiger partial charge in [-0.3, -0.25) is 9.10 Å². The number of nitrogens with one attached hydrogen (secondary N) is 1. The Bertz CT molecular complexity index is 1210. The van der Waals surface area contributed by atoms with Crippen molar-refractivity contribution in [2.24, 2.45) is 0 Å². The van der Waals surface area contributed by atoms with Gasteiger partial charge in [-0.1, -0.05) is 41.9 Å². The average molecular weight is 429 g/mol. The molecular formula is C21H17ClN2O4S. The number of carbonyl (C=O) groups excluding carboxylic acids is 1. The molecule has 3 aromatic rings. The topological polar surface area (TPSA) is 75.7 Å². The van der Waals surface area contributed by atoms with Crippen molar-refractivity contribution in [3.63, 3.8) is 0 Å². The number of para-hydroxylation sites is 2. The maximum Gasteiger partial charge on any atom is 0.265 e. The molecule has 0 saturated carbocycles. The summed E-state index contributed by atoms with van der Waals surface area (Å²) in [5.74, 6) is -0.00163. The second-order valence-electron chi connectivity index (χ2n) is 6.42. The number of nitrogens with zero attached hydrogens (tertiary/aromatic N) is 1. The molecule has 29 heavy (non-hydrogen) atoms. The Morgan fingerprint density at radius 1 is 1.03 bits per heavy atom. The van der Waals surface area contributed by atoms with Crippen LogP contribution in [0.2, 0.25) is 5.02 Å². The molecule has 8 heteroatoms. The molecule has 0 fully saturated rings. The van der Waals surface area contributed by atoms with E-state index in [-0.39, 0.29) is 11.4 Å². The standard InChI is InChI=1S/C21H17ClN2O4S/c1-28-19-8-4-3-7-17(19)23-21(25)13-24-18-11-10-14(22)12-16(18)15-6-2-5-9-20(15)29(24,26)27/h2-12H,13H2,1H3,(H,23,25). The van der Waals surface area contributed by atoms with Crippen molar-refractivity contribution in [3.05, 3.63) is 71.8 Å². The Balaban J connectivity index is 1.73. The van der Waals surface area contributed by atoms with E-state index in [2.05, 4.69) is 5.32 Å². The van der Waals surface area contributed by atoms with Crippen LogP contribution < -0.4 is 14.4 Å². The van der Waals surface area contributed by atoms with E-state index < -0.39 is 15.9 Å². The number of anilines is 2. The molecule has 0 aliphatic carbocycles. The van der Waals surface area contributed by atoms with Gasteiger partial charge in [0.1, 0.15) is 12.3 Å². The molecule has 1 aliphatic rings. The lowest BCUT2D eigenvalue weighted by Crippen LogP contribution is -2.40. The van der Waals surface area contributed by atoms with E-state index >= 15 is 0 Å². The van der Waals surface area contributed by atoms with E-state index in [4.69, 9.17) is 16.3 Å². The number of hydrogen-bond donors (Lipinski definition) is 1. The first-order valence-corrected chi connectivity index (χ1v) is 10.6. The number of rotatable bonds is 4. The average Bonchev–Trinajstić information content (AvgIpc) is 2.72. The maximum atomic E-state index is 13.3. The predicted octanol–water partition coefficient (Wildman–Crippen LogP) is 4.16. The van der Waals surface area contributed by atoms with Gasteiger partial charge in [0.25, 0.3) is 10.0 Å². The van der Waals surface area contributed by atoms with E-state index in [0.717, 1.165) is 4.31 Å². The van der Waals surface area contributed by atoms with Crippen molar-refractivity contribution in [2.75, 3.05) is 23.3 Å². The van der Waals surface area contributed by atoms with Gasteiger partial charge in [-0.05, 0) is 36.4 Å². The summed E-state index contributed by atoms with van der Waals surface area (Å²) in [7, 11) is -2.42. The van der Waals surface area contributed by atoms with E-state index in [1.807, 2.05) is 0 Å².